The largest absolute Gasteiger partial charge is 0.409 e. The third-order valence-electron chi connectivity index (χ3n) is 3.68. The number of benzene rings is 1. The van der Waals surface area contributed by atoms with Gasteiger partial charge in [-0.3, -0.25) is 4.79 Å². The van der Waals surface area contributed by atoms with Crippen LogP contribution in [0.5, 0.6) is 0 Å². The summed E-state index contributed by atoms with van der Waals surface area (Å²) in [5.74, 6) is -1.20. The lowest BCUT2D eigenvalue weighted by molar-refractivity contribution is -0.138. The molecule has 0 bridgehead atoms. The smallest absolute Gasteiger partial charge is 0.234 e. The molecule has 0 saturated carbocycles. The number of hydrogen-bond acceptors (Lipinski definition) is 4. The molecule has 0 radical (unpaired) electrons. The molecule has 1 unspecified atom stereocenters. The molecule has 0 aliphatic carbocycles. The summed E-state index contributed by atoms with van der Waals surface area (Å²) >= 11 is 0. The van der Waals surface area contributed by atoms with Crippen LogP contribution in [-0.4, -0.2) is 46.1 Å². The van der Waals surface area contributed by atoms with E-state index in [1.807, 2.05) is 30.3 Å². The molecule has 0 heterocycles. The Morgan fingerprint density at radius 2 is 1.95 bits per heavy atom. The molecule has 4 N–H and O–H groups in total. The van der Waals surface area contributed by atoms with Crippen molar-refractivity contribution >= 4 is 11.7 Å². The minimum Gasteiger partial charge on any atom is -0.409 e. The Morgan fingerprint density at radius 1 is 1.38 bits per heavy atom. The number of nitrogens with zero attached hydrogens (tertiary/aromatic N) is 2. The number of nitrogens with two attached hydrogens (primary N) is 1. The molecule has 0 fully saturated rings. The number of oxime groups is 1. The molecular weight excluding hydrogens is 270 g/mol. The quantitative estimate of drug-likeness (QED) is 0.313. The molecule has 1 amide bonds. The molecule has 0 aromatic heterocycles. The summed E-state index contributed by atoms with van der Waals surface area (Å²) in [4.78, 5) is 14.0. The van der Waals surface area contributed by atoms with Gasteiger partial charge < -0.3 is 20.9 Å². The van der Waals surface area contributed by atoms with Crippen molar-refractivity contribution in [1.29, 1.82) is 0 Å². The Bertz CT molecular complexity index is 500. The monoisotopic (exact) mass is 293 g/mol. The van der Waals surface area contributed by atoms with E-state index in [9.17, 15) is 9.90 Å². The van der Waals surface area contributed by atoms with Gasteiger partial charge in [0.1, 0.15) is 5.92 Å². The van der Waals surface area contributed by atoms with Gasteiger partial charge in [-0.05, 0) is 25.8 Å². The number of amides is 1. The van der Waals surface area contributed by atoms with Crippen LogP contribution in [-0.2, 0) is 11.2 Å². The fourth-order valence-electron chi connectivity index (χ4n) is 1.88. The molecule has 6 heteroatoms. The third-order valence-corrected chi connectivity index (χ3v) is 3.68. The molecule has 21 heavy (non-hydrogen) atoms. The number of likely N-dealkylation sites (N-methyl/N-ethyl adjacent to an activating group) is 1. The number of carbonyl (C=O) groups is 1. The number of aliphatic hydroxyl groups is 1. The van der Waals surface area contributed by atoms with Gasteiger partial charge in [0.25, 0.3) is 0 Å². The number of hydrogen-bond donors (Lipinski definition) is 3. The summed E-state index contributed by atoms with van der Waals surface area (Å²) in [5, 5.41) is 21.3. The molecule has 1 aromatic rings. The zero-order valence-corrected chi connectivity index (χ0v) is 12.7. The van der Waals surface area contributed by atoms with Gasteiger partial charge >= 0.3 is 0 Å². The van der Waals surface area contributed by atoms with E-state index in [0.717, 1.165) is 5.56 Å². The molecule has 1 aromatic carbocycles. The first-order valence-corrected chi connectivity index (χ1v) is 6.73. The van der Waals surface area contributed by atoms with Gasteiger partial charge in [-0.25, -0.2) is 0 Å². The van der Waals surface area contributed by atoms with Crippen molar-refractivity contribution in [3.63, 3.8) is 0 Å². The lowest BCUT2D eigenvalue weighted by Crippen LogP contribution is -2.52. The molecule has 1 atom stereocenters. The van der Waals surface area contributed by atoms with Crippen LogP contribution in [0.25, 0.3) is 0 Å². The maximum Gasteiger partial charge on any atom is 0.234 e. The van der Waals surface area contributed by atoms with E-state index in [1.54, 1.807) is 20.9 Å². The summed E-state index contributed by atoms with van der Waals surface area (Å²) < 4.78 is 0. The van der Waals surface area contributed by atoms with E-state index in [4.69, 9.17) is 10.9 Å². The average Bonchev–Trinajstić information content (AvgIpc) is 2.51. The molecule has 0 spiro atoms. The second kappa shape index (κ2) is 7.08. The van der Waals surface area contributed by atoms with E-state index >= 15 is 0 Å². The maximum absolute atomic E-state index is 12.6. The van der Waals surface area contributed by atoms with Crippen molar-refractivity contribution in [3.05, 3.63) is 35.9 Å². The summed E-state index contributed by atoms with van der Waals surface area (Å²) in [6.07, 6.45) is 0.335. The molecule has 0 aliphatic rings. The van der Waals surface area contributed by atoms with Crippen molar-refractivity contribution < 1.29 is 15.1 Å². The highest BCUT2D eigenvalue weighted by Gasteiger charge is 2.33. The Morgan fingerprint density at radius 3 is 2.43 bits per heavy atom. The van der Waals surface area contributed by atoms with Crippen LogP contribution in [0.15, 0.2) is 35.5 Å². The Labute approximate surface area is 124 Å². The van der Waals surface area contributed by atoms with Crippen LogP contribution >= 0.6 is 0 Å². The van der Waals surface area contributed by atoms with Gasteiger partial charge in [-0.2, -0.15) is 0 Å². The normalized spacial score (nSPS) is 13.8. The number of carbonyl (C=O) groups excluding carboxylic acids is 1. The van der Waals surface area contributed by atoms with Crippen LogP contribution in [0.1, 0.15) is 19.4 Å². The Hall–Kier alpha value is -2.08. The second-order valence-electron chi connectivity index (χ2n) is 5.63. The summed E-state index contributed by atoms with van der Waals surface area (Å²) in [7, 11) is 1.60. The van der Waals surface area contributed by atoms with Crippen LogP contribution < -0.4 is 5.73 Å². The van der Waals surface area contributed by atoms with Crippen molar-refractivity contribution in [1.82, 2.24) is 4.90 Å². The molecule has 6 nitrogen and oxygen atoms in total. The Balaban J connectivity index is 3.01. The number of aliphatic hydroxyl groups excluding tert-OH is 1. The summed E-state index contributed by atoms with van der Waals surface area (Å²) in [6.45, 7) is 3.32. The molecule has 1 rings (SSSR count). The fraction of sp³-hybridized carbons (Fsp3) is 0.467. The van der Waals surface area contributed by atoms with E-state index in [2.05, 4.69) is 5.16 Å². The minimum absolute atomic E-state index is 0.135. The highest BCUT2D eigenvalue weighted by molar-refractivity contribution is 6.02. The highest BCUT2D eigenvalue weighted by atomic mass is 16.4. The van der Waals surface area contributed by atoms with Crippen LogP contribution in [0, 0.1) is 5.92 Å². The van der Waals surface area contributed by atoms with Gasteiger partial charge in [0.15, 0.2) is 5.84 Å². The van der Waals surface area contributed by atoms with E-state index in [1.165, 1.54) is 4.90 Å². The van der Waals surface area contributed by atoms with E-state index in [-0.39, 0.29) is 18.3 Å². The standard InChI is InChI=1S/C15H23N3O3/c1-15(2,10-19)18(3)14(20)12(13(16)17-21)9-11-7-5-4-6-8-11/h4-8,12,19,21H,9-10H2,1-3H3,(H2,16,17). The topological polar surface area (TPSA) is 99.2 Å². The van der Waals surface area contributed by atoms with Crippen LogP contribution in [0.4, 0.5) is 0 Å². The Kier molecular flexibility index (Phi) is 5.72. The lowest BCUT2D eigenvalue weighted by atomic mass is 9.94. The average molecular weight is 293 g/mol. The van der Waals surface area contributed by atoms with Gasteiger partial charge in [0.2, 0.25) is 5.91 Å². The maximum atomic E-state index is 12.6. The van der Waals surface area contributed by atoms with Crippen molar-refractivity contribution in [2.75, 3.05) is 13.7 Å². The van der Waals surface area contributed by atoms with Crippen molar-refractivity contribution in [2.24, 2.45) is 16.8 Å². The lowest BCUT2D eigenvalue weighted by Gasteiger charge is -2.36. The second-order valence-corrected chi connectivity index (χ2v) is 5.63. The van der Waals surface area contributed by atoms with Crippen molar-refractivity contribution in [3.8, 4) is 0 Å². The third kappa shape index (κ3) is 4.19. The van der Waals surface area contributed by atoms with Crippen LogP contribution in [0.2, 0.25) is 0 Å². The number of amidine groups is 1. The van der Waals surface area contributed by atoms with Gasteiger partial charge in [-0.15, -0.1) is 0 Å². The molecule has 0 saturated heterocycles. The first-order chi connectivity index (χ1) is 9.83. The predicted molar refractivity (Wildman–Crippen MR) is 81.0 cm³/mol. The molecule has 116 valence electrons. The molecular formula is C15H23N3O3. The van der Waals surface area contributed by atoms with Gasteiger partial charge in [0.05, 0.1) is 12.1 Å². The predicted octanol–water partition coefficient (Wildman–Crippen LogP) is 0.821. The zero-order valence-electron chi connectivity index (χ0n) is 12.7. The fourth-order valence-corrected chi connectivity index (χ4v) is 1.88. The first-order valence-electron chi connectivity index (χ1n) is 6.73. The van der Waals surface area contributed by atoms with E-state index in [0.29, 0.717) is 6.42 Å². The minimum atomic E-state index is -0.770. The SMILES string of the molecule is CN(C(=O)C(Cc1ccccc1)/C(N)=N/O)C(C)(C)CO. The van der Waals surface area contributed by atoms with Crippen molar-refractivity contribution in [2.45, 2.75) is 25.8 Å². The summed E-state index contributed by atoms with van der Waals surface area (Å²) in [5.41, 5.74) is 5.87. The van der Waals surface area contributed by atoms with E-state index < -0.39 is 11.5 Å². The molecule has 0 aliphatic heterocycles. The number of rotatable bonds is 6. The van der Waals surface area contributed by atoms with Crippen LogP contribution in [0.3, 0.4) is 0 Å². The highest BCUT2D eigenvalue weighted by Crippen LogP contribution is 2.18. The summed E-state index contributed by atoms with van der Waals surface area (Å²) in [6, 6.07) is 9.37. The van der Waals surface area contributed by atoms with Gasteiger partial charge in [-0.1, -0.05) is 35.5 Å². The first kappa shape index (κ1) is 17.0. The van der Waals surface area contributed by atoms with Gasteiger partial charge in [0, 0.05) is 7.05 Å². The zero-order chi connectivity index (χ0) is 16.0.